The zero-order valence-corrected chi connectivity index (χ0v) is 23.3. The molecule has 1 aromatic rings. The van der Waals surface area contributed by atoms with Crippen molar-refractivity contribution in [2.75, 3.05) is 13.2 Å². The first kappa shape index (κ1) is 30.6. The third-order valence-corrected chi connectivity index (χ3v) is 8.19. The Hall–Kier alpha value is -1.65. The van der Waals surface area contributed by atoms with Crippen LogP contribution in [0.25, 0.3) is 6.08 Å². The lowest BCUT2D eigenvalue weighted by atomic mass is 9.72. The van der Waals surface area contributed by atoms with Gasteiger partial charge in [-0.05, 0) is 45.6 Å². The van der Waals surface area contributed by atoms with E-state index in [4.69, 9.17) is 15.2 Å². The molecule has 8 nitrogen and oxygen atoms in total. The molecule has 2 aliphatic rings. The lowest BCUT2D eigenvalue weighted by Gasteiger charge is -2.35. The molecule has 2 saturated heterocycles. The van der Waals surface area contributed by atoms with E-state index in [1.54, 1.807) is 25.2 Å². The first-order chi connectivity index (χ1) is 16.9. The van der Waals surface area contributed by atoms with E-state index in [2.05, 4.69) is 10.4 Å². The Morgan fingerprint density at radius 3 is 2.53 bits per heavy atom. The highest BCUT2D eigenvalue weighted by molar-refractivity contribution is 7.09. The summed E-state index contributed by atoms with van der Waals surface area (Å²) in [7, 11) is 0. The maximum atomic E-state index is 13.0. The van der Waals surface area contributed by atoms with Crippen LogP contribution in [0.4, 0.5) is 0 Å². The SMILES string of the molecule is C/C=C\c1csc(C)n1.CC1CCCC2(C)OC2CCOC(=O)CC(O)C(C)(C)C(=O)C(CN)C1O. The number of rotatable bonds is 2. The number of aliphatic hydroxyl groups excluding tert-OH is 2. The van der Waals surface area contributed by atoms with Crippen molar-refractivity contribution >= 4 is 29.2 Å². The number of ketones is 1. The van der Waals surface area contributed by atoms with Gasteiger partial charge in [-0.15, -0.1) is 11.3 Å². The Bertz CT molecular complexity index is 901. The second-order valence-electron chi connectivity index (χ2n) is 10.7. The van der Waals surface area contributed by atoms with E-state index in [1.807, 2.05) is 39.8 Å². The number of carbonyl (C=O) groups is 2. The summed E-state index contributed by atoms with van der Waals surface area (Å²) in [4.78, 5) is 29.3. The van der Waals surface area contributed by atoms with Crippen molar-refractivity contribution < 1.29 is 29.3 Å². The van der Waals surface area contributed by atoms with Gasteiger partial charge in [0.15, 0.2) is 0 Å². The number of allylic oxidation sites excluding steroid dienone is 1. The number of aliphatic hydroxyl groups is 2. The molecule has 6 atom stereocenters. The third-order valence-electron chi connectivity index (χ3n) is 7.40. The number of esters is 1. The third kappa shape index (κ3) is 8.18. The summed E-state index contributed by atoms with van der Waals surface area (Å²) < 4.78 is 11.0. The molecule has 6 unspecified atom stereocenters. The zero-order valence-electron chi connectivity index (χ0n) is 22.5. The van der Waals surface area contributed by atoms with Gasteiger partial charge in [-0.25, -0.2) is 4.98 Å². The van der Waals surface area contributed by atoms with Gasteiger partial charge in [0, 0.05) is 18.3 Å². The number of fused-ring (bicyclic) bond motifs is 1. The molecular weight excluding hydrogens is 480 g/mol. The van der Waals surface area contributed by atoms with Gasteiger partial charge in [-0.2, -0.15) is 0 Å². The quantitative estimate of drug-likeness (QED) is 0.394. The number of nitrogens with zero attached hydrogens (tertiary/aromatic N) is 1. The summed E-state index contributed by atoms with van der Waals surface area (Å²) >= 11 is 1.68. The molecule has 3 rings (SSSR count). The van der Waals surface area contributed by atoms with Crippen LogP contribution in [-0.2, 0) is 19.1 Å². The van der Waals surface area contributed by atoms with Gasteiger partial charge < -0.3 is 25.4 Å². The molecule has 36 heavy (non-hydrogen) atoms. The zero-order chi connectivity index (χ0) is 27.1. The highest BCUT2D eigenvalue weighted by Crippen LogP contribution is 2.43. The Labute approximate surface area is 219 Å². The minimum atomic E-state index is -1.21. The van der Waals surface area contributed by atoms with Crippen LogP contribution in [0, 0.1) is 24.2 Å². The van der Waals surface area contributed by atoms with E-state index in [9.17, 15) is 19.8 Å². The molecule has 204 valence electrons. The number of hydrogen-bond donors (Lipinski definition) is 3. The summed E-state index contributed by atoms with van der Waals surface area (Å²) in [6.45, 7) is 11.4. The van der Waals surface area contributed by atoms with E-state index in [0.717, 1.165) is 30.0 Å². The number of carbonyl (C=O) groups excluding carboxylic acids is 2. The predicted octanol–water partition coefficient (Wildman–Crippen LogP) is 3.66. The van der Waals surface area contributed by atoms with E-state index < -0.39 is 29.5 Å². The molecule has 0 bridgehead atoms. The first-order valence-corrected chi connectivity index (χ1v) is 13.7. The average Bonchev–Trinajstić information content (AvgIpc) is 3.26. The topological polar surface area (TPSA) is 135 Å². The molecule has 2 aliphatic heterocycles. The number of ether oxygens (including phenoxy) is 2. The first-order valence-electron chi connectivity index (χ1n) is 12.8. The van der Waals surface area contributed by atoms with Gasteiger partial charge in [-0.3, -0.25) is 9.59 Å². The monoisotopic (exact) mass is 524 g/mol. The number of aromatic nitrogens is 1. The van der Waals surface area contributed by atoms with Crippen LogP contribution in [0.3, 0.4) is 0 Å². The van der Waals surface area contributed by atoms with Crippen molar-refractivity contribution in [3.63, 3.8) is 0 Å². The Kier molecular flexibility index (Phi) is 11.2. The van der Waals surface area contributed by atoms with Gasteiger partial charge in [0.25, 0.3) is 0 Å². The highest BCUT2D eigenvalue weighted by Gasteiger charge is 2.51. The Morgan fingerprint density at radius 2 is 1.94 bits per heavy atom. The second kappa shape index (κ2) is 13.2. The number of hydrogen-bond acceptors (Lipinski definition) is 9. The lowest BCUT2D eigenvalue weighted by Crippen LogP contribution is -2.49. The molecule has 0 aliphatic carbocycles. The standard InChI is InChI=1S/C20H35NO6.C7H9NS/c1-12-6-5-8-20(4)15(27-20)7-9-26-16(23)10-14(22)19(2,3)18(25)13(11-21)17(12)24;1-3-4-7-5-9-6(2)8-7/h12-15,17,22,24H,5-11,21H2,1-4H3;3-5H,1-2H3/b;4-3-. The van der Waals surface area contributed by atoms with Crippen molar-refractivity contribution in [1.29, 1.82) is 0 Å². The van der Waals surface area contributed by atoms with E-state index >= 15 is 0 Å². The Morgan fingerprint density at radius 1 is 1.25 bits per heavy atom. The fourth-order valence-electron chi connectivity index (χ4n) is 4.64. The molecule has 4 N–H and O–H groups in total. The fourth-order valence-corrected chi connectivity index (χ4v) is 5.22. The molecule has 3 heterocycles. The largest absolute Gasteiger partial charge is 0.465 e. The molecule has 0 saturated carbocycles. The van der Waals surface area contributed by atoms with Gasteiger partial charge in [0.1, 0.15) is 5.78 Å². The summed E-state index contributed by atoms with van der Waals surface area (Å²) in [5.41, 5.74) is 5.45. The number of nitrogens with two attached hydrogens (primary N) is 1. The number of cyclic esters (lactones) is 1. The molecule has 0 spiro atoms. The van der Waals surface area contributed by atoms with E-state index in [0.29, 0.717) is 6.42 Å². The van der Waals surface area contributed by atoms with Crippen molar-refractivity contribution in [1.82, 2.24) is 4.98 Å². The Balaban J connectivity index is 0.000000425. The van der Waals surface area contributed by atoms with Crippen LogP contribution in [0.15, 0.2) is 11.5 Å². The van der Waals surface area contributed by atoms with Crippen LogP contribution in [0.1, 0.15) is 77.4 Å². The van der Waals surface area contributed by atoms with Crippen molar-refractivity contribution in [3.8, 4) is 0 Å². The lowest BCUT2D eigenvalue weighted by molar-refractivity contribution is -0.151. The summed E-state index contributed by atoms with van der Waals surface area (Å²) in [6.07, 6.45) is 4.79. The maximum absolute atomic E-state index is 13.0. The van der Waals surface area contributed by atoms with Crippen molar-refractivity contribution in [3.05, 3.63) is 22.2 Å². The van der Waals surface area contributed by atoms with Gasteiger partial charge in [0.05, 0.1) is 59.0 Å². The molecule has 1 aromatic heterocycles. The average molecular weight is 525 g/mol. The van der Waals surface area contributed by atoms with Crippen molar-refractivity contribution in [2.45, 2.75) is 97.6 Å². The molecule has 0 aromatic carbocycles. The van der Waals surface area contributed by atoms with Crippen LogP contribution in [-0.4, -0.2) is 64.0 Å². The summed E-state index contributed by atoms with van der Waals surface area (Å²) in [5.74, 6) is -1.76. The molecule has 2 fully saturated rings. The smallest absolute Gasteiger partial charge is 0.308 e. The number of Topliss-reactive ketones (excluding diaryl/α,β-unsaturated/α-hetero) is 1. The highest BCUT2D eigenvalue weighted by atomic mass is 32.1. The van der Waals surface area contributed by atoms with E-state index in [1.165, 1.54) is 0 Å². The number of epoxide rings is 1. The minimum absolute atomic E-state index is 0.00611. The van der Waals surface area contributed by atoms with Gasteiger partial charge >= 0.3 is 5.97 Å². The normalized spacial score (nSPS) is 33.9. The molecule has 0 radical (unpaired) electrons. The van der Waals surface area contributed by atoms with Crippen molar-refractivity contribution in [2.24, 2.45) is 23.0 Å². The molecular formula is C27H44N2O6S. The summed E-state index contributed by atoms with van der Waals surface area (Å²) in [5, 5.41) is 24.4. The maximum Gasteiger partial charge on any atom is 0.308 e. The van der Waals surface area contributed by atoms with Crippen LogP contribution in [0.2, 0.25) is 0 Å². The van der Waals surface area contributed by atoms with Crippen LogP contribution >= 0.6 is 11.3 Å². The van der Waals surface area contributed by atoms with Gasteiger partial charge in [0.2, 0.25) is 0 Å². The fraction of sp³-hybridized carbons (Fsp3) is 0.741. The van der Waals surface area contributed by atoms with Crippen LogP contribution in [0.5, 0.6) is 0 Å². The second-order valence-corrected chi connectivity index (χ2v) is 11.8. The molecule has 9 heteroatoms. The molecule has 0 amide bonds. The summed E-state index contributed by atoms with van der Waals surface area (Å²) in [6, 6.07) is 0. The van der Waals surface area contributed by atoms with E-state index in [-0.39, 0.29) is 43.0 Å². The predicted molar refractivity (Wildman–Crippen MR) is 141 cm³/mol. The number of aryl methyl sites for hydroxylation is 1. The van der Waals surface area contributed by atoms with Gasteiger partial charge in [-0.1, -0.05) is 33.3 Å². The minimum Gasteiger partial charge on any atom is -0.465 e. The van der Waals surface area contributed by atoms with Crippen LogP contribution < -0.4 is 5.73 Å². The number of thiazole rings is 1.